The molecule has 2 N–H and O–H groups in total. The maximum Gasteiger partial charge on any atom is 0.235 e. The number of carbonyl (C=O) groups is 2. The van der Waals surface area contributed by atoms with Gasteiger partial charge in [-0.05, 0) is 61.2 Å². The second-order valence-electron chi connectivity index (χ2n) is 6.91. The second-order valence-corrected chi connectivity index (χ2v) is 7.35. The molecule has 1 heterocycles. The molecule has 4 nitrogen and oxygen atoms in total. The molecule has 2 aromatic rings. The lowest BCUT2D eigenvalue weighted by molar-refractivity contribution is -0.123. The summed E-state index contributed by atoms with van der Waals surface area (Å²) in [6.07, 6.45) is 2.83. The highest BCUT2D eigenvalue weighted by Crippen LogP contribution is 2.51. The van der Waals surface area contributed by atoms with Gasteiger partial charge >= 0.3 is 0 Å². The highest BCUT2D eigenvalue weighted by Gasteiger charge is 2.51. The Labute approximate surface area is 151 Å². The van der Waals surface area contributed by atoms with Gasteiger partial charge in [-0.1, -0.05) is 30.2 Å². The lowest BCUT2D eigenvalue weighted by Gasteiger charge is -2.36. The fourth-order valence-corrected chi connectivity index (χ4v) is 3.80. The van der Waals surface area contributed by atoms with Crippen LogP contribution in [0.2, 0.25) is 5.02 Å². The molecule has 5 heteroatoms. The number of fused-ring (bicyclic) bond motifs is 2. The van der Waals surface area contributed by atoms with Crippen molar-refractivity contribution in [3.05, 3.63) is 58.6 Å². The minimum absolute atomic E-state index is 0.0813. The Kier molecular flexibility index (Phi) is 3.80. The number of anilines is 2. The van der Waals surface area contributed by atoms with Crippen LogP contribution in [0.5, 0.6) is 0 Å². The Bertz CT molecular complexity index is 856. The maximum absolute atomic E-state index is 12.6. The summed E-state index contributed by atoms with van der Waals surface area (Å²) >= 11 is 5.90. The van der Waals surface area contributed by atoms with Crippen LogP contribution in [0.25, 0.3) is 0 Å². The van der Waals surface area contributed by atoms with E-state index < -0.39 is 0 Å². The molecule has 1 saturated carbocycles. The number of hydrogen-bond acceptors (Lipinski definition) is 2. The van der Waals surface area contributed by atoms with Crippen LogP contribution in [0.4, 0.5) is 11.4 Å². The number of rotatable bonds is 3. The summed E-state index contributed by atoms with van der Waals surface area (Å²) in [5.74, 6) is -0.281. The number of hydrogen-bond donors (Lipinski definition) is 2. The van der Waals surface area contributed by atoms with E-state index in [1.807, 2.05) is 37.3 Å². The molecule has 2 aromatic carbocycles. The van der Waals surface area contributed by atoms with E-state index in [-0.39, 0.29) is 23.1 Å². The first-order valence-electron chi connectivity index (χ1n) is 8.52. The van der Waals surface area contributed by atoms with E-state index in [2.05, 4.69) is 10.6 Å². The third-order valence-electron chi connectivity index (χ3n) is 5.46. The molecule has 128 valence electrons. The Morgan fingerprint density at radius 1 is 1.20 bits per heavy atom. The van der Waals surface area contributed by atoms with E-state index in [4.69, 9.17) is 11.6 Å². The van der Waals surface area contributed by atoms with Crippen LogP contribution in [-0.2, 0) is 15.0 Å². The van der Waals surface area contributed by atoms with E-state index >= 15 is 0 Å². The van der Waals surface area contributed by atoms with Gasteiger partial charge in [0.15, 0.2) is 0 Å². The molecular weight excluding hydrogens is 336 g/mol. The SMILES string of the molecule is CC(C(=O)Nc1ccc2c(c1)C1(CCC1)C(=O)N2)c1ccc(Cl)cc1. The maximum atomic E-state index is 12.6. The van der Waals surface area contributed by atoms with Crippen LogP contribution in [0.15, 0.2) is 42.5 Å². The van der Waals surface area contributed by atoms with Crippen LogP contribution in [-0.4, -0.2) is 11.8 Å². The lowest BCUT2D eigenvalue weighted by atomic mass is 9.65. The predicted octanol–water partition coefficient (Wildman–Crippen LogP) is 4.46. The van der Waals surface area contributed by atoms with Crippen molar-refractivity contribution in [2.75, 3.05) is 10.6 Å². The summed E-state index contributed by atoms with van der Waals surface area (Å²) < 4.78 is 0. The fraction of sp³-hybridized carbons (Fsp3) is 0.300. The number of benzene rings is 2. The average molecular weight is 355 g/mol. The van der Waals surface area contributed by atoms with Crippen LogP contribution >= 0.6 is 11.6 Å². The molecule has 25 heavy (non-hydrogen) atoms. The Morgan fingerprint density at radius 3 is 2.56 bits per heavy atom. The van der Waals surface area contributed by atoms with Gasteiger partial charge in [0.2, 0.25) is 11.8 Å². The quantitative estimate of drug-likeness (QED) is 0.855. The van der Waals surface area contributed by atoms with Crippen LogP contribution in [0.3, 0.4) is 0 Å². The minimum Gasteiger partial charge on any atom is -0.326 e. The molecule has 1 unspecified atom stereocenters. The van der Waals surface area contributed by atoms with E-state index in [9.17, 15) is 9.59 Å². The van der Waals surface area contributed by atoms with Gasteiger partial charge in [0.1, 0.15) is 0 Å². The summed E-state index contributed by atoms with van der Waals surface area (Å²) in [5, 5.41) is 6.59. The predicted molar refractivity (Wildman–Crippen MR) is 99.1 cm³/mol. The summed E-state index contributed by atoms with van der Waals surface area (Å²) in [6.45, 7) is 1.87. The average Bonchev–Trinajstić information content (AvgIpc) is 2.86. The fourth-order valence-electron chi connectivity index (χ4n) is 3.67. The zero-order chi connectivity index (χ0) is 17.6. The first kappa shape index (κ1) is 16.2. The van der Waals surface area contributed by atoms with Crippen molar-refractivity contribution < 1.29 is 9.59 Å². The molecule has 0 aromatic heterocycles. The van der Waals surface area contributed by atoms with E-state index in [1.54, 1.807) is 12.1 Å². The minimum atomic E-state index is -0.377. The van der Waals surface area contributed by atoms with Gasteiger partial charge in [-0.2, -0.15) is 0 Å². The van der Waals surface area contributed by atoms with Gasteiger partial charge < -0.3 is 10.6 Å². The van der Waals surface area contributed by atoms with Gasteiger partial charge in [-0.3, -0.25) is 9.59 Å². The zero-order valence-corrected chi connectivity index (χ0v) is 14.7. The number of carbonyl (C=O) groups excluding carboxylic acids is 2. The molecule has 0 bridgehead atoms. The lowest BCUT2D eigenvalue weighted by Crippen LogP contribution is -2.40. The largest absolute Gasteiger partial charge is 0.326 e. The van der Waals surface area contributed by atoms with Crippen molar-refractivity contribution in [1.82, 2.24) is 0 Å². The molecule has 2 aliphatic rings. The van der Waals surface area contributed by atoms with E-state index in [0.29, 0.717) is 5.02 Å². The highest BCUT2D eigenvalue weighted by atomic mass is 35.5. The Hall–Kier alpha value is -2.33. The highest BCUT2D eigenvalue weighted by molar-refractivity contribution is 6.30. The molecule has 1 atom stereocenters. The van der Waals surface area contributed by atoms with Gasteiger partial charge in [0, 0.05) is 16.4 Å². The normalized spacial score (nSPS) is 18.2. The smallest absolute Gasteiger partial charge is 0.235 e. The van der Waals surface area contributed by atoms with Crippen molar-refractivity contribution in [3.63, 3.8) is 0 Å². The van der Waals surface area contributed by atoms with Crippen molar-refractivity contribution in [2.45, 2.75) is 37.5 Å². The van der Waals surface area contributed by atoms with Crippen LogP contribution in [0, 0.1) is 0 Å². The third-order valence-corrected chi connectivity index (χ3v) is 5.71. The van der Waals surface area contributed by atoms with Gasteiger partial charge in [-0.15, -0.1) is 0 Å². The standard InChI is InChI=1S/C20H19ClN2O2/c1-12(13-3-5-14(21)6-4-13)18(24)22-15-7-8-17-16(11-15)20(9-2-10-20)19(25)23-17/h3-8,11-12H,2,9-10H2,1H3,(H,22,24)(H,23,25). The number of nitrogens with one attached hydrogen (secondary N) is 2. The van der Waals surface area contributed by atoms with Crippen LogP contribution in [0.1, 0.15) is 43.2 Å². The van der Waals surface area contributed by atoms with Crippen molar-refractivity contribution in [3.8, 4) is 0 Å². The Morgan fingerprint density at radius 2 is 1.92 bits per heavy atom. The molecule has 1 spiro atoms. The summed E-state index contributed by atoms with van der Waals surface area (Å²) in [4.78, 5) is 24.9. The first-order valence-corrected chi connectivity index (χ1v) is 8.90. The first-order chi connectivity index (χ1) is 12.0. The number of halogens is 1. The molecule has 0 saturated heterocycles. The molecule has 4 rings (SSSR count). The molecular formula is C20H19ClN2O2. The van der Waals surface area contributed by atoms with E-state index in [0.717, 1.165) is 41.8 Å². The molecule has 1 fully saturated rings. The monoisotopic (exact) mass is 354 g/mol. The van der Waals surface area contributed by atoms with Gasteiger partial charge in [0.25, 0.3) is 0 Å². The molecule has 2 amide bonds. The second kappa shape index (κ2) is 5.88. The van der Waals surface area contributed by atoms with Crippen molar-refractivity contribution in [2.24, 2.45) is 0 Å². The molecule has 1 aliphatic heterocycles. The zero-order valence-electron chi connectivity index (χ0n) is 13.9. The van der Waals surface area contributed by atoms with Gasteiger partial charge in [0.05, 0.1) is 11.3 Å². The summed E-state index contributed by atoms with van der Waals surface area (Å²) in [6, 6.07) is 13.0. The molecule has 0 radical (unpaired) electrons. The molecule has 1 aliphatic carbocycles. The van der Waals surface area contributed by atoms with Crippen molar-refractivity contribution in [1.29, 1.82) is 0 Å². The van der Waals surface area contributed by atoms with E-state index in [1.165, 1.54) is 0 Å². The number of amides is 2. The Balaban J connectivity index is 1.55. The summed E-state index contributed by atoms with van der Waals surface area (Å²) in [7, 11) is 0. The van der Waals surface area contributed by atoms with Crippen LogP contribution < -0.4 is 10.6 Å². The topological polar surface area (TPSA) is 58.2 Å². The van der Waals surface area contributed by atoms with Gasteiger partial charge in [-0.25, -0.2) is 0 Å². The summed E-state index contributed by atoms with van der Waals surface area (Å²) in [5.41, 5.74) is 3.15. The van der Waals surface area contributed by atoms with Crippen molar-refractivity contribution >= 4 is 34.8 Å². The third kappa shape index (κ3) is 2.61.